The molecule has 0 bridgehead atoms. The van der Waals surface area contributed by atoms with E-state index in [4.69, 9.17) is 4.74 Å². The molecule has 1 rings (SSSR count). The molecule has 0 heterocycles. The maximum Gasteiger partial charge on any atom is 0.339 e. The van der Waals surface area contributed by atoms with Crippen LogP contribution in [0.2, 0.25) is 0 Å². The number of esters is 1. The Labute approximate surface area is 103 Å². The summed E-state index contributed by atoms with van der Waals surface area (Å²) in [6.07, 6.45) is 0.726. The van der Waals surface area contributed by atoms with Crippen molar-refractivity contribution in [3.05, 3.63) is 33.8 Å². The minimum Gasteiger partial charge on any atom is -0.456 e. The zero-order chi connectivity index (χ0) is 12.3. The number of rotatable bonds is 2. The van der Waals surface area contributed by atoms with Crippen LogP contribution in [0, 0.1) is 0 Å². The highest BCUT2D eigenvalue weighted by Gasteiger charge is 2.19. The molecule has 0 unspecified atom stereocenters. The van der Waals surface area contributed by atoms with Crippen molar-refractivity contribution in [3.8, 4) is 0 Å². The molecule has 1 aromatic carbocycles. The normalized spacial score (nSPS) is 11.0. The Morgan fingerprint density at radius 3 is 2.44 bits per heavy atom. The van der Waals surface area contributed by atoms with Gasteiger partial charge in [0.05, 0.1) is 5.56 Å². The van der Waals surface area contributed by atoms with Crippen molar-refractivity contribution in [2.45, 2.75) is 26.4 Å². The van der Waals surface area contributed by atoms with Gasteiger partial charge in [0, 0.05) is 10.0 Å². The summed E-state index contributed by atoms with van der Waals surface area (Å²) in [5.74, 6) is -0.406. The van der Waals surface area contributed by atoms with E-state index in [1.165, 1.54) is 0 Å². The lowest BCUT2D eigenvalue weighted by molar-refractivity contribution is 0.00683. The Bertz CT molecular complexity index is 419. The number of ether oxygens (including phenoxy) is 1. The Morgan fingerprint density at radius 1 is 1.38 bits per heavy atom. The topological polar surface area (TPSA) is 43.4 Å². The van der Waals surface area contributed by atoms with Crippen molar-refractivity contribution in [2.24, 2.45) is 0 Å². The van der Waals surface area contributed by atoms with Crippen LogP contribution in [0.5, 0.6) is 0 Å². The largest absolute Gasteiger partial charge is 0.456 e. The molecule has 0 radical (unpaired) electrons. The molecule has 16 heavy (non-hydrogen) atoms. The molecule has 4 heteroatoms. The average Bonchev–Trinajstić information content (AvgIpc) is 2.14. The minimum absolute atomic E-state index is 0.406. The first-order chi connectivity index (χ1) is 7.33. The first kappa shape index (κ1) is 12.9. The fraction of sp³-hybridized carbons (Fsp3) is 0.333. The van der Waals surface area contributed by atoms with Gasteiger partial charge >= 0.3 is 5.97 Å². The lowest BCUT2D eigenvalue weighted by Gasteiger charge is -2.19. The number of carbonyl (C=O) groups excluding carboxylic acids is 2. The first-order valence-corrected chi connectivity index (χ1v) is 5.61. The van der Waals surface area contributed by atoms with E-state index in [1.807, 2.05) is 0 Å². The van der Waals surface area contributed by atoms with Crippen LogP contribution < -0.4 is 0 Å². The van der Waals surface area contributed by atoms with Gasteiger partial charge in [0.25, 0.3) is 0 Å². The molecule has 0 aromatic heterocycles. The van der Waals surface area contributed by atoms with E-state index < -0.39 is 11.6 Å². The molecule has 0 aliphatic heterocycles. The van der Waals surface area contributed by atoms with Crippen molar-refractivity contribution in [2.75, 3.05) is 0 Å². The molecule has 0 amide bonds. The highest BCUT2D eigenvalue weighted by molar-refractivity contribution is 9.10. The Morgan fingerprint density at radius 2 is 2.00 bits per heavy atom. The predicted octanol–water partition coefficient (Wildman–Crippen LogP) is 3.22. The minimum atomic E-state index is -0.528. The second-order valence-electron chi connectivity index (χ2n) is 4.36. The molecular weight excluding hydrogens is 272 g/mol. The van der Waals surface area contributed by atoms with Crippen LogP contribution in [0.1, 0.15) is 41.5 Å². The van der Waals surface area contributed by atoms with E-state index in [9.17, 15) is 9.59 Å². The number of hydrogen-bond acceptors (Lipinski definition) is 3. The van der Waals surface area contributed by atoms with E-state index in [0.29, 0.717) is 15.6 Å². The van der Waals surface area contributed by atoms with Crippen molar-refractivity contribution < 1.29 is 14.3 Å². The maximum atomic E-state index is 11.7. The first-order valence-electron chi connectivity index (χ1n) is 4.81. The number of carbonyl (C=O) groups is 2. The molecule has 1 aromatic rings. The Kier molecular flexibility index (Phi) is 3.86. The van der Waals surface area contributed by atoms with Gasteiger partial charge in [-0.05, 0) is 48.8 Å². The summed E-state index contributed by atoms with van der Waals surface area (Å²) in [4.78, 5) is 22.3. The summed E-state index contributed by atoms with van der Waals surface area (Å²) in [5.41, 5.74) is 0.402. The molecule has 0 aliphatic carbocycles. The molecule has 3 nitrogen and oxygen atoms in total. The molecule has 0 atom stereocenters. The highest BCUT2D eigenvalue weighted by atomic mass is 79.9. The zero-order valence-electron chi connectivity index (χ0n) is 9.41. The second-order valence-corrected chi connectivity index (χ2v) is 5.21. The van der Waals surface area contributed by atoms with Crippen LogP contribution in [0.4, 0.5) is 0 Å². The quantitative estimate of drug-likeness (QED) is 0.619. The van der Waals surface area contributed by atoms with E-state index in [-0.39, 0.29) is 0 Å². The highest BCUT2D eigenvalue weighted by Crippen LogP contribution is 2.21. The summed E-state index contributed by atoms with van der Waals surface area (Å²) in [5, 5.41) is 0. The van der Waals surface area contributed by atoms with Crippen molar-refractivity contribution in [1.82, 2.24) is 0 Å². The van der Waals surface area contributed by atoms with Crippen LogP contribution >= 0.6 is 15.9 Å². The van der Waals surface area contributed by atoms with Gasteiger partial charge in [0.15, 0.2) is 0 Å². The molecule has 86 valence electrons. The Balaban J connectivity index is 2.97. The lowest BCUT2D eigenvalue weighted by atomic mass is 10.1. The molecule has 0 saturated heterocycles. The van der Waals surface area contributed by atoms with Gasteiger partial charge in [-0.3, -0.25) is 4.79 Å². The Hall–Kier alpha value is -1.16. The van der Waals surface area contributed by atoms with Crippen molar-refractivity contribution in [1.29, 1.82) is 0 Å². The summed E-state index contributed by atoms with van der Waals surface area (Å²) in [6.45, 7) is 5.41. The van der Waals surface area contributed by atoms with Crippen LogP contribution in [0.25, 0.3) is 0 Å². The lowest BCUT2D eigenvalue weighted by Crippen LogP contribution is -2.24. The standard InChI is InChI=1S/C12H13BrO3/c1-12(2,3)16-11(15)9-5-4-8(7-14)6-10(9)13/h4-7H,1-3H3. The fourth-order valence-electron chi connectivity index (χ4n) is 1.10. The third kappa shape index (κ3) is 3.45. The molecule has 0 fully saturated rings. The molecule has 0 N–H and O–H groups in total. The number of benzene rings is 1. The van der Waals surface area contributed by atoms with E-state index in [0.717, 1.165) is 6.29 Å². The monoisotopic (exact) mass is 284 g/mol. The number of hydrogen-bond donors (Lipinski definition) is 0. The molecular formula is C12H13BrO3. The molecule has 0 spiro atoms. The van der Waals surface area contributed by atoms with Gasteiger partial charge in [0.2, 0.25) is 0 Å². The van der Waals surface area contributed by atoms with E-state index in [1.54, 1.807) is 39.0 Å². The summed E-state index contributed by atoms with van der Waals surface area (Å²) in [7, 11) is 0. The predicted molar refractivity (Wildman–Crippen MR) is 64.7 cm³/mol. The summed E-state index contributed by atoms with van der Waals surface area (Å²) in [6, 6.07) is 4.74. The van der Waals surface area contributed by atoms with Gasteiger partial charge in [-0.1, -0.05) is 6.07 Å². The van der Waals surface area contributed by atoms with Crippen molar-refractivity contribution >= 4 is 28.2 Å². The average molecular weight is 285 g/mol. The smallest absolute Gasteiger partial charge is 0.339 e. The SMILES string of the molecule is CC(C)(C)OC(=O)c1ccc(C=O)cc1Br. The van der Waals surface area contributed by atoms with E-state index in [2.05, 4.69) is 15.9 Å². The third-order valence-electron chi connectivity index (χ3n) is 1.75. The summed E-state index contributed by atoms with van der Waals surface area (Å²) >= 11 is 3.24. The van der Waals surface area contributed by atoms with E-state index >= 15 is 0 Å². The van der Waals surface area contributed by atoms with Gasteiger partial charge in [0.1, 0.15) is 11.9 Å². The molecule has 0 aliphatic rings. The van der Waals surface area contributed by atoms with Gasteiger partial charge in [-0.25, -0.2) is 4.79 Å². The second kappa shape index (κ2) is 4.78. The van der Waals surface area contributed by atoms with Crippen LogP contribution in [0.15, 0.2) is 22.7 Å². The van der Waals surface area contributed by atoms with Gasteiger partial charge in [-0.15, -0.1) is 0 Å². The summed E-state index contributed by atoms with van der Waals surface area (Å²) < 4.78 is 5.78. The van der Waals surface area contributed by atoms with Crippen LogP contribution in [-0.4, -0.2) is 17.9 Å². The molecule has 0 saturated carbocycles. The van der Waals surface area contributed by atoms with Gasteiger partial charge in [-0.2, -0.15) is 0 Å². The van der Waals surface area contributed by atoms with Crippen molar-refractivity contribution in [3.63, 3.8) is 0 Å². The van der Waals surface area contributed by atoms with Crippen LogP contribution in [-0.2, 0) is 4.74 Å². The third-order valence-corrected chi connectivity index (χ3v) is 2.40. The number of halogens is 1. The fourth-order valence-corrected chi connectivity index (χ4v) is 1.66. The number of aldehydes is 1. The van der Waals surface area contributed by atoms with Gasteiger partial charge < -0.3 is 4.74 Å². The zero-order valence-corrected chi connectivity index (χ0v) is 11.0. The van der Waals surface area contributed by atoms with Crippen LogP contribution in [0.3, 0.4) is 0 Å². The maximum absolute atomic E-state index is 11.7.